The Balaban J connectivity index is 1.76. The first-order valence-corrected chi connectivity index (χ1v) is 5.66. The van der Waals surface area contributed by atoms with E-state index in [4.69, 9.17) is 14.9 Å². The summed E-state index contributed by atoms with van der Waals surface area (Å²) in [5.41, 5.74) is 7.27. The van der Waals surface area contributed by atoms with Crippen LogP contribution in [0, 0.1) is 0 Å². The van der Waals surface area contributed by atoms with Crippen LogP contribution in [0.15, 0.2) is 46.0 Å². The summed E-state index contributed by atoms with van der Waals surface area (Å²) in [5.74, 6) is 2.38. The largest absolute Gasteiger partial charge is 0.484 e. The first kappa shape index (κ1) is 10.7. The molecular formula is C13H13N3O2. The number of nitrogens with zero attached hydrogens (tertiary/aromatic N) is 1. The van der Waals surface area contributed by atoms with Crippen LogP contribution in [0.3, 0.4) is 0 Å². The third-order valence-electron chi connectivity index (χ3n) is 2.65. The number of nitrogen functional groups attached to an aromatic ring is 1. The summed E-state index contributed by atoms with van der Waals surface area (Å²) in [6.45, 7) is 0.925. The standard InChI is InChI=1S/C13H13N3O2/c14-9-3-4-12-11(6-9)16-13(8-18-12)15-7-10-2-1-5-17-10/h1-6H,7-8,14H2,(H,15,16). The zero-order valence-electron chi connectivity index (χ0n) is 9.72. The van der Waals surface area contributed by atoms with Gasteiger partial charge in [-0.05, 0) is 30.3 Å². The quantitative estimate of drug-likeness (QED) is 0.793. The molecule has 0 atom stereocenters. The third kappa shape index (κ3) is 2.15. The first-order valence-electron chi connectivity index (χ1n) is 5.66. The van der Waals surface area contributed by atoms with Crippen molar-refractivity contribution in [2.75, 3.05) is 17.7 Å². The molecule has 0 radical (unpaired) electrons. The molecule has 0 aliphatic carbocycles. The minimum absolute atomic E-state index is 0.428. The molecule has 5 nitrogen and oxygen atoms in total. The number of amidine groups is 1. The highest BCUT2D eigenvalue weighted by molar-refractivity contribution is 5.99. The van der Waals surface area contributed by atoms with E-state index >= 15 is 0 Å². The zero-order chi connectivity index (χ0) is 12.4. The van der Waals surface area contributed by atoms with Gasteiger partial charge in [-0.1, -0.05) is 0 Å². The topological polar surface area (TPSA) is 72.8 Å². The van der Waals surface area contributed by atoms with E-state index in [1.165, 1.54) is 0 Å². The first-order chi connectivity index (χ1) is 8.81. The Labute approximate surface area is 104 Å². The molecule has 2 aromatic rings. The smallest absolute Gasteiger partial charge is 0.146 e. The van der Waals surface area contributed by atoms with Crippen LogP contribution < -0.4 is 15.8 Å². The second-order valence-electron chi connectivity index (χ2n) is 4.01. The SMILES string of the molecule is Nc1ccc2c(c1)NC(=NCc1ccco1)CO2. The van der Waals surface area contributed by atoms with Gasteiger partial charge in [0.25, 0.3) is 0 Å². The second kappa shape index (κ2) is 4.44. The fourth-order valence-corrected chi connectivity index (χ4v) is 1.77. The Kier molecular flexibility index (Phi) is 2.64. The van der Waals surface area contributed by atoms with Crippen LogP contribution in [0.5, 0.6) is 5.75 Å². The van der Waals surface area contributed by atoms with Crippen molar-refractivity contribution in [2.24, 2.45) is 4.99 Å². The maximum atomic E-state index is 5.73. The van der Waals surface area contributed by atoms with Crippen LogP contribution >= 0.6 is 0 Å². The van der Waals surface area contributed by atoms with E-state index < -0.39 is 0 Å². The minimum atomic E-state index is 0.428. The lowest BCUT2D eigenvalue weighted by Gasteiger charge is -2.20. The van der Waals surface area contributed by atoms with E-state index in [2.05, 4.69) is 10.3 Å². The predicted molar refractivity (Wildman–Crippen MR) is 69.8 cm³/mol. The van der Waals surface area contributed by atoms with E-state index in [0.717, 1.165) is 23.0 Å². The molecule has 0 bridgehead atoms. The summed E-state index contributed by atoms with van der Waals surface area (Å²) in [6.07, 6.45) is 1.64. The van der Waals surface area contributed by atoms with Gasteiger partial charge in [0.15, 0.2) is 0 Å². The Morgan fingerprint density at radius 1 is 1.33 bits per heavy atom. The molecule has 0 spiro atoms. The highest BCUT2D eigenvalue weighted by Crippen LogP contribution is 2.29. The number of nitrogens with two attached hydrogens (primary N) is 1. The highest BCUT2D eigenvalue weighted by atomic mass is 16.5. The Hall–Kier alpha value is -2.43. The number of nitrogens with one attached hydrogen (secondary N) is 1. The van der Waals surface area contributed by atoms with Gasteiger partial charge < -0.3 is 20.2 Å². The average Bonchev–Trinajstić information content (AvgIpc) is 2.89. The molecule has 0 unspecified atom stereocenters. The van der Waals surface area contributed by atoms with Crippen molar-refractivity contribution in [1.82, 2.24) is 0 Å². The molecule has 1 aromatic carbocycles. The summed E-state index contributed by atoms with van der Waals surface area (Å²) in [4.78, 5) is 4.40. The minimum Gasteiger partial charge on any atom is -0.484 e. The Morgan fingerprint density at radius 3 is 3.11 bits per heavy atom. The average molecular weight is 243 g/mol. The van der Waals surface area contributed by atoms with Crippen molar-refractivity contribution < 1.29 is 9.15 Å². The normalized spacial score (nSPS) is 15.9. The van der Waals surface area contributed by atoms with Crippen molar-refractivity contribution in [1.29, 1.82) is 0 Å². The molecule has 3 rings (SSSR count). The summed E-state index contributed by atoms with van der Waals surface area (Å²) >= 11 is 0. The van der Waals surface area contributed by atoms with Crippen LogP contribution in [0.4, 0.5) is 11.4 Å². The van der Waals surface area contributed by atoms with Crippen LogP contribution in [0.2, 0.25) is 0 Å². The van der Waals surface area contributed by atoms with Gasteiger partial charge in [-0.25, -0.2) is 0 Å². The monoisotopic (exact) mass is 243 g/mol. The van der Waals surface area contributed by atoms with E-state index in [9.17, 15) is 0 Å². The number of aliphatic imine (C=N–C) groups is 1. The van der Waals surface area contributed by atoms with Crippen LogP contribution in [0.25, 0.3) is 0 Å². The van der Waals surface area contributed by atoms with Gasteiger partial charge in [-0.15, -0.1) is 0 Å². The number of rotatable bonds is 2. The fraction of sp³-hybridized carbons (Fsp3) is 0.154. The summed E-state index contributed by atoms with van der Waals surface area (Å²) < 4.78 is 10.8. The molecule has 0 saturated carbocycles. The lowest BCUT2D eigenvalue weighted by atomic mass is 10.2. The lowest BCUT2D eigenvalue weighted by molar-refractivity contribution is 0.371. The molecule has 1 aliphatic rings. The fourth-order valence-electron chi connectivity index (χ4n) is 1.77. The maximum Gasteiger partial charge on any atom is 0.146 e. The van der Waals surface area contributed by atoms with Gasteiger partial charge in [0.1, 0.15) is 24.0 Å². The summed E-state index contributed by atoms with van der Waals surface area (Å²) in [6, 6.07) is 9.22. The highest BCUT2D eigenvalue weighted by Gasteiger charge is 2.14. The van der Waals surface area contributed by atoms with Gasteiger partial charge in [0.05, 0.1) is 18.5 Å². The van der Waals surface area contributed by atoms with Crippen molar-refractivity contribution in [3.8, 4) is 5.75 Å². The molecular weight excluding hydrogens is 230 g/mol. The molecule has 0 amide bonds. The molecule has 0 saturated heterocycles. The van der Waals surface area contributed by atoms with E-state index in [1.807, 2.05) is 30.3 Å². The second-order valence-corrected chi connectivity index (χ2v) is 4.01. The molecule has 0 fully saturated rings. The Bertz CT molecular complexity index is 576. The molecule has 1 aliphatic heterocycles. The van der Waals surface area contributed by atoms with Crippen molar-refractivity contribution in [2.45, 2.75) is 6.54 Å². The molecule has 1 aromatic heterocycles. The molecule has 18 heavy (non-hydrogen) atoms. The number of benzene rings is 1. The molecule has 2 heterocycles. The van der Waals surface area contributed by atoms with E-state index in [1.54, 1.807) is 6.26 Å². The van der Waals surface area contributed by atoms with Crippen molar-refractivity contribution in [3.63, 3.8) is 0 Å². The van der Waals surface area contributed by atoms with Crippen molar-refractivity contribution >= 4 is 17.2 Å². The molecule has 92 valence electrons. The number of ether oxygens (including phenoxy) is 1. The van der Waals surface area contributed by atoms with Crippen molar-refractivity contribution in [3.05, 3.63) is 42.4 Å². The zero-order valence-corrected chi connectivity index (χ0v) is 9.72. The van der Waals surface area contributed by atoms with Gasteiger partial charge in [0.2, 0.25) is 0 Å². The number of hydrogen-bond acceptors (Lipinski definition) is 4. The van der Waals surface area contributed by atoms with Crippen LogP contribution in [-0.4, -0.2) is 12.4 Å². The van der Waals surface area contributed by atoms with Crippen LogP contribution in [-0.2, 0) is 6.54 Å². The lowest BCUT2D eigenvalue weighted by Crippen LogP contribution is -2.26. The number of anilines is 2. The predicted octanol–water partition coefficient (Wildman–Crippen LogP) is 2.26. The van der Waals surface area contributed by atoms with Gasteiger partial charge >= 0.3 is 0 Å². The third-order valence-corrected chi connectivity index (χ3v) is 2.65. The summed E-state index contributed by atoms with van der Waals surface area (Å²) in [7, 11) is 0. The van der Waals surface area contributed by atoms with Gasteiger partial charge in [-0.2, -0.15) is 0 Å². The van der Waals surface area contributed by atoms with Gasteiger partial charge in [-0.3, -0.25) is 4.99 Å². The van der Waals surface area contributed by atoms with Gasteiger partial charge in [0, 0.05) is 5.69 Å². The molecule has 5 heteroatoms. The molecule has 3 N–H and O–H groups in total. The number of fused-ring (bicyclic) bond motifs is 1. The Morgan fingerprint density at radius 2 is 2.28 bits per heavy atom. The maximum absolute atomic E-state index is 5.73. The van der Waals surface area contributed by atoms with E-state index in [-0.39, 0.29) is 0 Å². The number of furan rings is 1. The summed E-state index contributed by atoms with van der Waals surface area (Å²) in [5, 5.41) is 3.20. The van der Waals surface area contributed by atoms with E-state index in [0.29, 0.717) is 18.8 Å². The van der Waals surface area contributed by atoms with Crippen LogP contribution in [0.1, 0.15) is 5.76 Å². The number of hydrogen-bond donors (Lipinski definition) is 2.